The second-order valence-electron chi connectivity index (χ2n) is 4.80. The molecule has 2 N–H and O–H groups in total. The fourth-order valence-corrected chi connectivity index (χ4v) is 2.14. The number of nitrogens with zero attached hydrogens (tertiary/aromatic N) is 2. The molecule has 1 aromatic carbocycles. The van der Waals surface area contributed by atoms with E-state index >= 15 is 0 Å². The highest BCUT2D eigenvalue weighted by Gasteiger charge is 2.15. The van der Waals surface area contributed by atoms with Crippen molar-refractivity contribution in [3.63, 3.8) is 0 Å². The van der Waals surface area contributed by atoms with E-state index in [1.165, 1.54) is 0 Å². The Morgan fingerprint density at radius 3 is 2.74 bits per heavy atom. The first-order valence-corrected chi connectivity index (χ1v) is 6.80. The highest BCUT2D eigenvalue weighted by Crippen LogP contribution is 2.33. The van der Waals surface area contributed by atoms with Crippen LogP contribution < -0.4 is 5.73 Å². The van der Waals surface area contributed by atoms with Crippen LogP contribution in [0.5, 0.6) is 0 Å². The Labute approximate surface area is 121 Å². The molecule has 0 aliphatic carbocycles. The first-order valence-electron chi connectivity index (χ1n) is 6.05. The van der Waals surface area contributed by atoms with Crippen molar-refractivity contribution in [3.8, 4) is 11.5 Å². The van der Waals surface area contributed by atoms with Gasteiger partial charge in [0.2, 0.25) is 0 Å². The van der Waals surface area contributed by atoms with E-state index in [0.29, 0.717) is 38.9 Å². The molecule has 0 saturated heterocycles. The highest BCUT2D eigenvalue weighted by molar-refractivity contribution is 6.37. The van der Waals surface area contributed by atoms with Gasteiger partial charge in [-0.3, -0.25) is 0 Å². The molecule has 0 unspecified atom stereocenters. The molecule has 2 aromatic rings. The van der Waals surface area contributed by atoms with Crippen molar-refractivity contribution >= 4 is 28.9 Å². The van der Waals surface area contributed by atoms with E-state index in [2.05, 4.69) is 24.0 Å². The Balaban J connectivity index is 2.28. The Morgan fingerprint density at radius 1 is 1.32 bits per heavy atom. The average molecular weight is 300 g/mol. The molecule has 0 atom stereocenters. The SMILES string of the molecule is CC(C)CCc1noc(-c2cc(Cl)cc(Cl)c2N)n1. The van der Waals surface area contributed by atoms with Gasteiger partial charge in [-0.1, -0.05) is 42.2 Å². The quantitative estimate of drug-likeness (QED) is 0.859. The number of aryl methyl sites for hydroxylation is 1. The van der Waals surface area contributed by atoms with Gasteiger partial charge in [-0.15, -0.1) is 0 Å². The molecular weight excluding hydrogens is 285 g/mol. The maximum Gasteiger partial charge on any atom is 0.260 e. The Kier molecular flexibility index (Phi) is 4.32. The van der Waals surface area contributed by atoms with Crippen molar-refractivity contribution in [2.75, 3.05) is 5.73 Å². The number of anilines is 1. The fourth-order valence-electron chi connectivity index (χ4n) is 1.64. The van der Waals surface area contributed by atoms with Crippen LogP contribution in [0.2, 0.25) is 10.0 Å². The largest absolute Gasteiger partial charge is 0.397 e. The lowest BCUT2D eigenvalue weighted by Gasteiger charge is -2.03. The maximum atomic E-state index is 5.98. The molecule has 2 rings (SSSR count). The summed E-state index contributed by atoms with van der Waals surface area (Å²) in [4.78, 5) is 4.32. The highest BCUT2D eigenvalue weighted by atomic mass is 35.5. The van der Waals surface area contributed by atoms with Crippen LogP contribution in [0.1, 0.15) is 26.1 Å². The number of halogens is 2. The average Bonchev–Trinajstić information content (AvgIpc) is 2.79. The first-order chi connectivity index (χ1) is 8.97. The van der Waals surface area contributed by atoms with Gasteiger partial charge in [-0.05, 0) is 24.5 Å². The molecule has 0 aliphatic heterocycles. The lowest BCUT2D eigenvalue weighted by molar-refractivity contribution is 0.419. The lowest BCUT2D eigenvalue weighted by Crippen LogP contribution is -1.95. The van der Waals surface area contributed by atoms with Gasteiger partial charge in [0.05, 0.1) is 16.3 Å². The van der Waals surface area contributed by atoms with Crippen molar-refractivity contribution in [1.82, 2.24) is 10.1 Å². The van der Waals surface area contributed by atoms with Gasteiger partial charge in [0, 0.05) is 11.4 Å². The third-order valence-corrected chi connectivity index (χ3v) is 3.27. The molecule has 0 spiro atoms. The van der Waals surface area contributed by atoms with Crippen LogP contribution in [0.15, 0.2) is 16.7 Å². The zero-order valence-corrected chi connectivity index (χ0v) is 12.3. The topological polar surface area (TPSA) is 64.9 Å². The number of nitrogens with two attached hydrogens (primary N) is 1. The number of hydrogen-bond donors (Lipinski definition) is 1. The molecule has 1 heterocycles. The van der Waals surface area contributed by atoms with Crippen LogP contribution in [0.4, 0.5) is 5.69 Å². The molecule has 1 aromatic heterocycles. The minimum absolute atomic E-state index is 0.348. The summed E-state index contributed by atoms with van der Waals surface area (Å²) in [6, 6.07) is 3.25. The third kappa shape index (κ3) is 3.39. The number of nitrogen functional groups attached to an aromatic ring is 1. The monoisotopic (exact) mass is 299 g/mol. The minimum Gasteiger partial charge on any atom is -0.397 e. The summed E-state index contributed by atoms with van der Waals surface area (Å²) in [5.41, 5.74) is 6.86. The van der Waals surface area contributed by atoms with Gasteiger partial charge in [0.25, 0.3) is 5.89 Å². The van der Waals surface area contributed by atoms with Crippen molar-refractivity contribution < 1.29 is 4.52 Å². The van der Waals surface area contributed by atoms with Crippen LogP contribution in [-0.4, -0.2) is 10.1 Å². The summed E-state index contributed by atoms with van der Waals surface area (Å²) in [6.45, 7) is 4.30. The van der Waals surface area contributed by atoms with E-state index in [-0.39, 0.29) is 0 Å². The Hall–Kier alpha value is -1.26. The molecule has 102 valence electrons. The summed E-state index contributed by atoms with van der Waals surface area (Å²) in [5.74, 6) is 1.60. The molecule has 0 bridgehead atoms. The normalized spacial score (nSPS) is 11.2. The lowest BCUT2D eigenvalue weighted by atomic mass is 10.1. The maximum absolute atomic E-state index is 5.98. The summed E-state index contributed by atoms with van der Waals surface area (Å²) in [6.07, 6.45) is 1.78. The van der Waals surface area contributed by atoms with Crippen LogP contribution in [-0.2, 0) is 6.42 Å². The Bertz CT molecular complexity index is 581. The van der Waals surface area contributed by atoms with Crippen LogP contribution in [0.25, 0.3) is 11.5 Å². The smallest absolute Gasteiger partial charge is 0.260 e. The van der Waals surface area contributed by atoms with E-state index in [0.717, 1.165) is 12.8 Å². The second-order valence-corrected chi connectivity index (χ2v) is 5.64. The van der Waals surface area contributed by atoms with Crippen LogP contribution >= 0.6 is 23.2 Å². The van der Waals surface area contributed by atoms with Gasteiger partial charge in [0.15, 0.2) is 5.82 Å². The molecule has 0 aliphatic rings. The molecule has 0 saturated carbocycles. The molecular formula is C13H15Cl2N3O. The van der Waals surface area contributed by atoms with Crippen molar-refractivity contribution in [2.24, 2.45) is 5.92 Å². The predicted octanol–water partition coefficient (Wildman–Crippen LogP) is 4.21. The third-order valence-electron chi connectivity index (χ3n) is 2.74. The summed E-state index contributed by atoms with van der Waals surface area (Å²) in [7, 11) is 0. The van der Waals surface area contributed by atoms with Gasteiger partial charge in [-0.2, -0.15) is 4.98 Å². The number of hydrogen-bond acceptors (Lipinski definition) is 4. The fraction of sp³-hybridized carbons (Fsp3) is 0.385. The van der Waals surface area contributed by atoms with Gasteiger partial charge >= 0.3 is 0 Å². The van der Waals surface area contributed by atoms with Crippen molar-refractivity contribution in [3.05, 3.63) is 28.0 Å². The number of benzene rings is 1. The molecule has 6 heteroatoms. The molecule has 4 nitrogen and oxygen atoms in total. The summed E-state index contributed by atoms with van der Waals surface area (Å²) >= 11 is 11.9. The van der Waals surface area contributed by atoms with E-state index in [1.54, 1.807) is 12.1 Å². The standard InChI is InChI=1S/C13H15Cl2N3O/c1-7(2)3-4-11-17-13(19-18-11)9-5-8(14)6-10(15)12(9)16/h5-7H,3-4,16H2,1-2H3. The zero-order valence-electron chi connectivity index (χ0n) is 10.8. The van der Waals surface area contributed by atoms with Gasteiger partial charge in [-0.25, -0.2) is 0 Å². The number of rotatable bonds is 4. The molecule has 19 heavy (non-hydrogen) atoms. The van der Waals surface area contributed by atoms with Crippen LogP contribution in [0, 0.1) is 5.92 Å². The van der Waals surface area contributed by atoms with Crippen molar-refractivity contribution in [1.29, 1.82) is 0 Å². The molecule has 0 radical (unpaired) electrons. The first kappa shape index (κ1) is 14.2. The molecule has 0 fully saturated rings. The van der Waals surface area contributed by atoms with Crippen molar-refractivity contribution in [2.45, 2.75) is 26.7 Å². The minimum atomic E-state index is 0.348. The van der Waals surface area contributed by atoms with Crippen LogP contribution in [0.3, 0.4) is 0 Å². The van der Waals surface area contributed by atoms with E-state index in [4.69, 9.17) is 33.5 Å². The second kappa shape index (κ2) is 5.80. The van der Waals surface area contributed by atoms with E-state index in [1.807, 2.05) is 0 Å². The predicted molar refractivity (Wildman–Crippen MR) is 77.3 cm³/mol. The molecule has 0 amide bonds. The number of aromatic nitrogens is 2. The van der Waals surface area contributed by atoms with Gasteiger partial charge < -0.3 is 10.3 Å². The van der Waals surface area contributed by atoms with E-state index in [9.17, 15) is 0 Å². The van der Waals surface area contributed by atoms with Gasteiger partial charge in [0.1, 0.15) is 0 Å². The zero-order chi connectivity index (χ0) is 14.0. The summed E-state index contributed by atoms with van der Waals surface area (Å²) in [5, 5.41) is 4.80. The Morgan fingerprint density at radius 2 is 2.05 bits per heavy atom. The summed E-state index contributed by atoms with van der Waals surface area (Å²) < 4.78 is 5.22. The van der Waals surface area contributed by atoms with E-state index < -0.39 is 0 Å².